The van der Waals surface area contributed by atoms with Gasteiger partial charge in [-0.15, -0.1) is 0 Å². The van der Waals surface area contributed by atoms with Gasteiger partial charge in [0.05, 0.1) is 17.5 Å². The number of aromatic nitrogens is 4. The second-order valence-electron chi connectivity index (χ2n) is 5.86. The number of rotatable bonds is 2. The molecule has 7 heteroatoms. The molecule has 130 valence electrons. The number of imidazole rings is 1. The summed E-state index contributed by atoms with van der Waals surface area (Å²) in [4.78, 5) is 8.47. The number of pyridine rings is 1. The van der Waals surface area contributed by atoms with Gasteiger partial charge < -0.3 is 0 Å². The number of aryl methyl sites for hydroxylation is 1. The van der Waals surface area contributed by atoms with Gasteiger partial charge in [-0.3, -0.25) is 4.98 Å². The molecule has 0 fully saturated rings. The summed E-state index contributed by atoms with van der Waals surface area (Å²) in [6.45, 7) is 1.94. The van der Waals surface area contributed by atoms with Crippen LogP contribution in [0.3, 0.4) is 0 Å². The Hall–Kier alpha value is -3.22. The minimum Gasteiger partial charge on any atom is -0.264 e. The third-order valence-corrected chi connectivity index (χ3v) is 4.24. The van der Waals surface area contributed by atoms with Crippen LogP contribution in [-0.2, 0) is 6.18 Å². The molecule has 0 spiro atoms. The van der Waals surface area contributed by atoms with Crippen LogP contribution in [-0.4, -0.2) is 19.6 Å². The van der Waals surface area contributed by atoms with E-state index in [1.165, 1.54) is 22.8 Å². The van der Waals surface area contributed by atoms with E-state index in [2.05, 4.69) is 15.1 Å². The van der Waals surface area contributed by atoms with Gasteiger partial charge in [0, 0.05) is 35.3 Å². The Labute approximate surface area is 147 Å². The van der Waals surface area contributed by atoms with Crippen LogP contribution in [0.4, 0.5) is 13.2 Å². The Kier molecular flexibility index (Phi) is 3.72. The van der Waals surface area contributed by atoms with Crippen molar-refractivity contribution < 1.29 is 13.2 Å². The molecule has 0 unspecified atom stereocenters. The van der Waals surface area contributed by atoms with Crippen molar-refractivity contribution >= 4 is 5.65 Å². The molecule has 0 aliphatic carbocycles. The summed E-state index contributed by atoms with van der Waals surface area (Å²) >= 11 is 0. The second-order valence-corrected chi connectivity index (χ2v) is 5.86. The van der Waals surface area contributed by atoms with E-state index in [0.29, 0.717) is 5.65 Å². The lowest BCUT2D eigenvalue weighted by molar-refractivity contribution is -0.137. The summed E-state index contributed by atoms with van der Waals surface area (Å²) < 4.78 is 41.6. The molecule has 0 saturated heterocycles. The van der Waals surface area contributed by atoms with Crippen molar-refractivity contribution in [1.82, 2.24) is 19.6 Å². The highest BCUT2D eigenvalue weighted by molar-refractivity contribution is 5.81. The monoisotopic (exact) mass is 354 g/mol. The summed E-state index contributed by atoms with van der Waals surface area (Å²) in [5.74, 6) is 0. The number of benzene rings is 1. The van der Waals surface area contributed by atoms with Gasteiger partial charge in [-0.1, -0.05) is 18.2 Å². The van der Waals surface area contributed by atoms with Crippen molar-refractivity contribution in [2.24, 2.45) is 0 Å². The number of hydrogen-bond donors (Lipinski definition) is 0. The van der Waals surface area contributed by atoms with Gasteiger partial charge >= 0.3 is 6.18 Å². The number of fused-ring (bicyclic) bond motifs is 1. The number of halogens is 3. The minimum atomic E-state index is -4.46. The van der Waals surface area contributed by atoms with Gasteiger partial charge in [0.15, 0.2) is 5.65 Å². The Bertz CT molecular complexity index is 1100. The number of hydrogen-bond acceptors (Lipinski definition) is 3. The summed E-state index contributed by atoms with van der Waals surface area (Å²) in [7, 11) is 0. The van der Waals surface area contributed by atoms with E-state index >= 15 is 0 Å². The van der Waals surface area contributed by atoms with Gasteiger partial charge in [-0.05, 0) is 30.7 Å². The van der Waals surface area contributed by atoms with E-state index in [0.717, 1.165) is 22.8 Å². The number of nitrogens with zero attached hydrogens (tertiary/aromatic N) is 4. The molecule has 4 nitrogen and oxygen atoms in total. The average Bonchev–Trinajstić information content (AvgIpc) is 3.05. The molecule has 0 radical (unpaired) electrons. The highest BCUT2D eigenvalue weighted by Gasteiger charge is 2.34. The van der Waals surface area contributed by atoms with Gasteiger partial charge in [0.1, 0.15) is 0 Å². The first-order valence-electron chi connectivity index (χ1n) is 7.87. The van der Waals surface area contributed by atoms with Crippen molar-refractivity contribution in [3.05, 3.63) is 72.3 Å². The molecule has 0 aliphatic rings. The minimum absolute atomic E-state index is 0.0417. The molecule has 1 aromatic carbocycles. The Morgan fingerprint density at radius 2 is 1.69 bits per heavy atom. The molecule has 0 aliphatic heterocycles. The van der Waals surface area contributed by atoms with Crippen LogP contribution >= 0.6 is 0 Å². The maximum Gasteiger partial charge on any atom is 0.417 e. The van der Waals surface area contributed by atoms with Crippen molar-refractivity contribution in [3.8, 4) is 22.4 Å². The lowest BCUT2D eigenvalue weighted by Crippen LogP contribution is -2.08. The summed E-state index contributed by atoms with van der Waals surface area (Å²) in [6.07, 6.45) is 1.91. The van der Waals surface area contributed by atoms with E-state index in [-0.39, 0.29) is 11.3 Å². The third-order valence-electron chi connectivity index (χ3n) is 4.24. The standard InChI is InChI=1S/C19H13F3N4/c1-12-6-8-23-10-15(12)13-7-9-25-26-17(11-24-18(13)26)14-4-2-3-5-16(14)19(20,21)22/h2-11H,1H3. The van der Waals surface area contributed by atoms with Crippen LogP contribution in [0.2, 0.25) is 0 Å². The van der Waals surface area contributed by atoms with Crippen LogP contribution in [0.5, 0.6) is 0 Å². The molecule has 26 heavy (non-hydrogen) atoms. The molecular formula is C19H13F3N4. The maximum absolute atomic E-state index is 13.4. The molecule has 0 atom stereocenters. The van der Waals surface area contributed by atoms with Crippen molar-refractivity contribution in [1.29, 1.82) is 0 Å². The molecule has 4 rings (SSSR count). The maximum atomic E-state index is 13.4. The van der Waals surface area contributed by atoms with Crippen molar-refractivity contribution in [2.45, 2.75) is 13.1 Å². The smallest absolute Gasteiger partial charge is 0.264 e. The van der Waals surface area contributed by atoms with Gasteiger partial charge in [-0.25, -0.2) is 9.50 Å². The highest BCUT2D eigenvalue weighted by Crippen LogP contribution is 2.37. The van der Waals surface area contributed by atoms with Crippen LogP contribution in [0.15, 0.2) is 61.2 Å². The first-order chi connectivity index (χ1) is 12.5. The summed E-state index contributed by atoms with van der Waals surface area (Å²) in [6, 6.07) is 9.08. The molecule has 0 N–H and O–H groups in total. The first-order valence-corrected chi connectivity index (χ1v) is 7.87. The van der Waals surface area contributed by atoms with E-state index in [9.17, 15) is 13.2 Å². The van der Waals surface area contributed by atoms with Crippen molar-refractivity contribution in [2.75, 3.05) is 0 Å². The summed E-state index contributed by atoms with van der Waals surface area (Å²) in [5.41, 5.74) is 2.72. The quantitative estimate of drug-likeness (QED) is 0.520. The van der Waals surface area contributed by atoms with Gasteiger partial charge in [-0.2, -0.15) is 18.3 Å². The largest absolute Gasteiger partial charge is 0.417 e. The van der Waals surface area contributed by atoms with Gasteiger partial charge in [0.25, 0.3) is 0 Å². The molecular weight excluding hydrogens is 341 g/mol. The zero-order valence-corrected chi connectivity index (χ0v) is 13.7. The highest BCUT2D eigenvalue weighted by atomic mass is 19.4. The fraction of sp³-hybridized carbons (Fsp3) is 0.105. The number of alkyl halides is 3. The van der Waals surface area contributed by atoms with Crippen molar-refractivity contribution in [3.63, 3.8) is 0 Å². The van der Waals surface area contributed by atoms with Crippen LogP contribution in [0, 0.1) is 6.92 Å². The van der Waals surface area contributed by atoms with Crippen LogP contribution in [0.25, 0.3) is 28.0 Å². The molecule has 3 heterocycles. The SMILES string of the molecule is Cc1ccncc1-c1ccnn2c(-c3ccccc3C(F)(F)F)cnc12. The molecule has 3 aromatic heterocycles. The predicted octanol–water partition coefficient (Wildman–Crippen LogP) is 4.79. The van der Waals surface area contributed by atoms with E-state index in [1.54, 1.807) is 30.7 Å². The fourth-order valence-electron chi connectivity index (χ4n) is 2.99. The molecule has 0 bridgehead atoms. The lowest BCUT2D eigenvalue weighted by Gasteiger charge is -2.12. The van der Waals surface area contributed by atoms with Crippen LogP contribution in [0.1, 0.15) is 11.1 Å². The van der Waals surface area contributed by atoms with E-state index < -0.39 is 11.7 Å². The topological polar surface area (TPSA) is 43.1 Å². The Morgan fingerprint density at radius 3 is 2.46 bits per heavy atom. The van der Waals surface area contributed by atoms with Crippen LogP contribution < -0.4 is 0 Å². The summed E-state index contributed by atoms with van der Waals surface area (Å²) in [5, 5.41) is 4.22. The zero-order chi connectivity index (χ0) is 18.3. The predicted molar refractivity (Wildman–Crippen MR) is 91.4 cm³/mol. The first kappa shape index (κ1) is 16.3. The Balaban J connectivity index is 1.97. The molecule has 4 aromatic rings. The second kappa shape index (κ2) is 5.94. The molecule has 0 saturated carbocycles. The average molecular weight is 354 g/mol. The third kappa shape index (κ3) is 2.61. The zero-order valence-electron chi connectivity index (χ0n) is 13.7. The van der Waals surface area contributed by atoms with Gasteiger partial charge in [0.2, 0.25) is 0 Å². The van der Waals surface area contributed by atoms with E-state index in [4.69, 9.17) is 0 Å². The van der Waals surface area contributed by atoms with E-state index in [1.807, 2.05) is 13.0 Å². The normalized spacial score (nSPS) is 11.8. The molecule has 0 amide bonds. The Morgan fingerprint density at radius 1 is 0.885 bits per heavy atom. The fourth-order valence-corrected chi connectivity index (χ4v) is 2.99. The lowest BCUT2D eigenvalue weighted by atomic mass is 10.0.